The lowest BCUT2D eigenvalue weighted by Crippen LogP contribution is -2.25. The van der Waals surface area contributed by atoms with Crippen LogP contribution in [0.1, 0.15) is 67.5 Å². The van der Waals surface area contributed by atoms with Crippen molar-refractivity contribution in [2.75, 3.05) is 6.61 Å². The van der Waals surface area contributed by atoms with Gasteiger partial charge in [0.05, 0.1) is 35.4 Å². The van der Waals surface area contributed by atoms with Crippen LogP contribution in [0.2, 0.25) is 5.02 Å². The zero-order valence-electron chi connectivity index (χ0n) is 22.1. The van der Waals surface area contributed by atoms with Crippen LogP contribution >= 0.6 is 27.5 Å². The van der Waals surface area contributed by atoms with Crippen molar-refractivity contribution in [3.05, 3.63) is 97.0 Å². The maximum absolute atomic E-state index is 13.6. The Kier molecular flexibility index (Phi) is 8.83. The van der Waals surface area contributed by atoms with Gasteiger partial charge in [-0.1, -0.05) is 61.2 Å². The molecule has 204 valence electrons. The normalized spacial score (nSPS) is 13.9. The van der Waals surface area contributed by atoms with Gasteiger partial charge in [0, 0.05) is 21.5 Å². The fourth-order valence-electron chi connectivity index (χ4n) is 5.00. The molecule has 0 radical (unpaired) electrons. The van der Waals surface area contributed by atoms with E-state index in [1.807, 2.05) is 37.3 Å². The number of benzene rings is 3. The quantitative estimate of drug-likeness (QED) is 0.190. The number of fused-ring (bicyclic) bond motifs is 1. The zero-order chi connectivity index (χ0) is 28.1. The van der Waals surface area contributed by atoms with Crippen molar-refractivity contribution < 1.29 is 9.47 Å². The van der Waals surface area contributed by atoms with Crippen molar-refractivity contribution in [1.82, 2.24) is 9.66 Å². The van der Waals surface area contributed by atoms with Crippen molar-refractivity contribution in [1.29, 1.82) is 5.26 Å². The van der Waals surface area contributed by atoms with Gasteiger partial charge in [-0.05, 0) is 60.0 Å². The molecule has 1 aromatic heterocycles. The van der Waals surface area contributed by atoms with Gasteiger partial charge >= 0.3 is 0 Å². The van der Waals surface area contributed by atoms with Crippen LogP contribution in [0.3, 0.4) is 0 Å². The highest BCUT2D eigenvalue weighted by molar-refractivity contribution is 9.10. The smallest absolute Gasteiger partial charge is 0.282 e. The SMILES string of the molecule is CCOc1cc(C=Nn2c(C3CCCCC3)nc3ccccc3c2=O)c(Br)c(Cl)c1OCc1ccccc1C#N. The Morgan fingerprint density at radius 3 is 2.67 bits per heavy atom. The third kappa shape index (κ3) is 5.77. The van der Waals surface area contributed by atoms with Crippen LogP contribution in [0.4, 0.5) is 0 Å². The molecule has 1 aliphatic rings. The second-order valence-electron chi connectivity index (χ2n) is 9.60. The topological polar surface area (TPSA) is 89.5 Å². The van der Waals surface area contributed by atoms with E-state index in [9.17, 15) is 10.1 Å². The van der Waals surface area contributed by atoms with Crippen LogP contribution in [0.5, 0.6) is 11.5 Å². The summed E-state index contributed by atoms with van der Waals surface area (Å²) >= 11 is 10.3. The van der Waals surface area contributed by atoms with Gasteiger partial charge in [0.25, 0.3) is 5.56 Å². The van der Waals surface area contributed by atoms with E-state index in [0.29, 0.717) is 55.5 Å². The predicted molar refractivity (Wildman–Crippen MR) is 161 cm³/mol. The Bertz CT molecular complexity index is 1670. The van der Waals surface area contributed by atoms with E-state index in [4.69, 9.17) is 26.1 Å². The van der Waals surface area contributed by atoms with E-state index in [1.54, 1.807) is 30.5 Å². The number of aromatic nitrogens is 2. The van der Waals surface area contributed by atoms with E-state index in [0.717, 1.165) is 31.2 Å². The summed E-state index contributed by atoms with van der Waals surface area (Å²) in [5.41, 5.74) is 2.37. The summed E-state index contributed by atoms with van der Waals surface area (Å²) in [6.45, 7) is 2.40. The number of hydrogen-bond acceptors (Lipinski definition) is 6. The lowest BCUT2D eigenvalue weighted by molar-refractivity contribution is 0.269. The number of nitrogens with zero attached hydrogens (tertiary/aromatic N) is 4. The number of ether oxygens (including phenoxy) is 2. The number of para-hydroxylation sites is 1. The molecule has 0 aliphatic heterocycles. The van der Waals surface area contributed by atoms with Gasteiger partial charge in [-0.2, -0.15) is 15.0 Å². The van der Waals surface area contributed by atoms with Crippen molar-refractivity contribution in [3.8, 4) is 17.6 Å². The van der Waals surface area contributed by atoms with Crippen molar-refractivity contribution in [3.63, 3.8) is 0 Å². The Morgan fingerprint density at radius 2 is 1.90 bits per heavy atom. The van der Waals surface area contributed by atoms with Gasteiger partial charge in [-0.15, -0.1) is 0 Å². The molecule has 1 aliphatic carbocycles. The summed E-state index contributed by atoms with van der Waals surface area (Å²) in [6, 6.07) is 18.6. The third-order valence-corrected chi connectivity index (χ3v) is 8.47. The molecule has 0 amide bonds. The molecule has 0 atom stereocenters. The van der Waals surface area contributed by atoms with Gasteiger partial charge in [-0.25, -0.2) is 4.98 Å². The van der Waals surface area contributed by atoms with Crippen molar-refractivity contribution in [2.45, 2.75) is 51.6 Å². The molecular formula is C31H28BrClN4O3. The largest absolute Gasteiger partial charge is 0.490 e. The highest BCUT2D eigenvalue weighted by Gasteiger charge is 2.23. The molecule has 3 aromatic carbocycles. The van der Waals surface area contributed by atoms with Gasteiger partial charge in [0.2, 0.25) is 0 Å². The molecule has 0 unspecified atom stereocenters. The van der Waals surface area contributed by atoms with Crippen LogP contribution < -0.4 is 15.0 Å². The molecule has 1 saturated carbocycles. The molecule has 9 heteroatoms. The molecule has 1 fully saturated rings. The molecule has 0 spiro atoms. The van der Waals surface area contributed by atoms with Crippen LogP contribution in [0.25, 0.3) is 10.9 Å². The first-order valence-electron chi connectivity index (χ1n) is 13.3. The summed E-state index contributed by atoms with van der Waals surface area (Å²) < 4.78 is 13.9. The lowest BCUT2D eigenvalue weighted by atomic mass is 9.88. The Balaban J connectivity index is 1.54. The van der Waals surface area contributed by atoms with Crippen molar-refractivity contribution in [2.24, 2.45) is 5.10 Å². The molecule has 7 nitrogen and oxygen atoms in total. The summed E-state index contributed by atoms with van der Waals surface area (Å²) in [5.74, 6) is 1.64. The number of halogens is 2. The molecular weight excluding hydrogens is 592 g/mol. The number of nitriles is 1. The highest BCUT2D eigenvalue weighted by Crippen LogP contribution is 2.43. The maximum Gasteiger partial charge on any atom is 0.282 e. The van der Waals surface area contributed by atoms with E-state index in [2.05, 4.69) is 27.1 Å². The maximum atomic E-state index is 13.6. The number of hydrogen-bond donors (Lipinski definition) is 0. The summed E-state index contributed by atoms with van der Waals surface area (Å²) in [7, 11) is 0. The second kappa shape index (κ2) is 12.7. The van der Waals surface area contributed by atoms with Crippen LogP contribution in [0, 0.1) is 11.3 Å². The molecule has 1 heterocycles. The fraction of sp³-hybridized carbons (Fsp3) is 0.290. The third-order valence-electron chi connectivity index (χ3n) is 7.03. The standard InChI is InChI=1S/C31H28BrClN4O3/c1-2-39-26-16-23(27(32)28(33)29(26)40-19-22-13-7-6-12-21(22)17-34)18-35-37-30(20-10-4-3-5-11-20)36-25-15-9-8-14-24(25)31(37)38/h6-9,12-16,18,20H,2-5,10-11,19H2,1H3. The molecule has 0 saturated heterocycles. The predicted octanol–water partition coefficient (Wildman–Crippen LogP) is 7.59. The average Bonchev–Trinajstić information content (AvgIpc) is 2.99. The summed E-state index contributed by atoms with van der Waals surface area (Å²) in [4.78, 5) is 18.4. The Labute approximate surface area is 246 Å². The molecule has 0 bridgehead atoms. The van der Waals surface area contributed by atoms with E-state index < -0.39 is 0 Å². The highest BCUT2D eigenvalue weighted by atomic mass is 79.9. The average molecular weight is 620 g/mol. The fourth-order valence-corrected chi connectivity index (χ4v) is 5.65. The molecule has 5 rings (SSSR count). The second-order valence-corrected chi connectivity index (χ2v) is 10.8. The van der Waals surface area contributed by atoms with E-state index in [-0.39, 0.29) is 18.1 Å². The monoisotopic (exact) mass is 618 g/mol. The first-order valence-corrected chi connectivity index (χ1v) is 14.5. The minimum Gasteiger partial charge on any atom is -0.490 e. The molecule has 4 aromatic rings. The van der Waals surface area contributed by atoms with E-state index >= 15 is 0 Å². The van der Waals surface area contributed by atoms with Gasteiger partial charge in [-0.3, -0.25) is 4.79 Å². The molecule has 40 heavy (non-hydrogen) atoms. The van der Waals surface area contributed by atoms with Gasteiger partial charge in [0.1, 0.15) is 17.5 Å². The first-order chi connectivity index (χ1) is 19.5. The summed E-state index contributed by atoms with van der Waals surface area (Å²) in [6.07, 6.45) is 6.96. The van der Waals surface area contributed by atoms with Crippen LogP contribution in [0.15, 0.2) is 69.0 Å². The Morgan fingerprint density at radius 1 is 1.15 bits per heavy atom. The minimum atomic E-state index is -0.203. The van der Waals surface area contributed by atoms with E-state index in [1.165, 1.54) is 11.1 Å². The van der Waals surface area contributed by atoms with Gasteiger partial charge < -0.3 is 9.47 Å². The lowest BCUT2D eigenvalue weighted by Gasteiger charge is -2.22. The zero-order valence-corrected chi connectivity index (χ0v) is 24.4. The van der Waals surface area contributed by atoms with Crippen LogP contribution in [-0.2, 0) is 6.61 Å². The molecule has 0 N–H and O–H groups in total. The van der Waals surface area contributed by atoms with Crippen molar-refractivity contribution >= 4 is 44.6 Å². The minimum absolute atomic E-state index is 0.145. The number of rotatable bonds is 8. The Hall–Kier alpha value is -3.67. The van der Waals surface area contributed by atoms with Gasteiger partial charge in [0.15, 0.2) is 11.5 Å². The van der Waals surface area contributed by atoms with Crippen LogP contribution in [-0.4, -0.2) is 22.5 Å². The first kappa shape index (κ1) is 27.9. The summed E-state index contributed by atoms with van der Waals surface area (Å²) in [5, 5.41) is 14.9.